The number of nitrogens with one attached hydrogen (secondary N) is 1. The van der Waals surface area contributed by atoms with Gasteiger partial charge in [-0.25, -0.2) is 4.98 Å². The number of alkyl halides is 3. The van der Waals surface area contributed by atoms with E-state index in [0.29, 0.717) is 27.3 Å². The van der Waals surface area contributed by atoms with E-state index in [4.69, 9.17) is 0 Å². The van der Waals surface area contributed by atoms with Gasteiger partial charge in [-0.3, -0.25) is 14.3 Å². The number of aromatic nitrogens is 5. The minimum absolute atomic E-state index is 0.0405. The SMILES string of the molecule is Cc1ccc(-n2c(SCc3nc(C(=O)NCc4cccc(C(F)(F)F)c4)cs3)nnc2-c2cccnc2)cc1. The predicted octanol–water partition coefficient (Wildman–Crippen LogP) is 6.34. The van der Waals surface area contributed by atoms with Gasteiger partial charge < -0.3 is 5.32 Å². The molecular weight excluding hydrogens is 545 g/mol. The Bertz CT molecular complexity index is 1580. The van der Waals surface area contributed by atoms with Crippen molar-refractivity contribution < 1.29 is 18.0 Å². The summed E-state index contributed by atoms with van der Waals surface area (Å²) in [6.45, 7) is 1.98. The second-order valence-electron chi connectivity index (χ2n) is 8.51. The maximum absolute atomic E-state index is 12.9. The van der Waals surface area contributed by atoms with E-state index in [2.05, 4.69) is 25.5 Å². The van der Waals surface area contributed by atoms with Gasteiger partial charge in [0.05, 0.1) is 11.3 Å². The molecule has 0 aliphatic rings. The molecule has 0 saturated heterocycles. The lowest BCUT2D eigenvalue weighted by atomic mass is 10.1. The number of hydrogen-bond acceptors (Lipinski definition) is 7. The van der Waals surface area contributed by atoms with Crippen molar-refractivity contribution in [2.24, 2.45) is 0 Å². The Morgan fingerprint density at radius 3 is 2.64 bits per heavy atom. The van der Waals surface area contributed by atoms with Crippen LogP contribution in [0.15, 0.2) is 83.6 Å². The molecule has 0 spiro atoms. The molecule has 39 heavy (non-hydrogen) atoms. The van der Waals surface area contributed by atoms with Gasteiger partial charge in [0.15, 0.2) is 11.0 Å². The average molecular weight is 567 g/mol. The van der Waals surface area contributed by atoms with Crippen molar-refractivity contribution in [2.75, 3.05) is 0 Å². The van der Waals surface area contributed by atoms with Gasteiger partial charge in [-0.15, -0.1) is 21.5 Å². The molecule has 2 aromatic carbocycles. The first-order valence-electron chi connectivity index (χ1n) is 11.7. The maximum Gasteiger partial charge on any atom is 0.416 e. The fraction of sp³-hybridized carbons (Fsp3) is 0.148. The molecule has 0 saturated carbocycles. The van der Waals surface area contributed by atoms with E-state index in [9.17, 15) is 18.0 Å². The second-order valence-corrected chi connectivity index (χ2v) is 10.4. The number of thioether (sulfide) groups is 1. The first kappa shape index (κ1) is 26.6. The van der Waals surface area contributed by atoms with Crippen molar-refractivity contribution in [3.8, 4) is 17.1 Å². The second kappa shape index (κ2) is 11.4. The first-order chi connectivity index (χ1) is 18.8. The van der Waals surface area contributed by atoms with Crippen LogP contribution in [0.25, 0.3) is 17.1 Å². The van der Waals surface area contributed by atoms with Gasteiger partial charge in [-0.2, -0.15) is 13.2 Å². The molecule has 0 radical (unpaired) electrons. The molecule has 0 unspecified atom stereocenters. The van der Waals surface area contributed by atoms with Crippen LogP contribution in [0.5, 0.6) is 0 Å². The van der Waals surface area contributed by atoms with Crippen LogP contribution >= 0.6 is 23.1 Å². The lowest BCUT2D eigenvalue weighted by molar-refractivity contribution is -0.137. The molecule has 0 atom stereocenters. The Balaban J connectivity index is 1.28. The third kappa shape index (κ3) is 6.35. The topological polar surface area (TPSA) is 85.6 Å². The highest BCUT2D eigenvalue weighted by Gasteiger charge is 2.30. The lowest BCUT2D eigenvalue weighted by Crippen LogP contribution is -2.23. The lowest BCUT2D eigenvalue weighted by Gasteiger charge is -2.10. The number of aryl methyl sites for hydroxylation is 1. The third-order valence-corrected chi connectivity index (χ3v) is 7.63. The van der Waals surface area contributed by atoms with Crippen molar-refractivity contribution in [3.05, 3.63) is 106 Å². The molecule has 0 fully saturated rings. The van der Waals surface area contributed by atoms with Crippen LogP contribution in [-0.2, 0) is 18.5 Å². The molecule has 0 bridgehead atoms. The van der Waals surface area contributed by atoms with Gasteiger partial charge in [0.2, 0.25) is 0 Å². The van der Waals surface area contributed by atoms with Crippen molar-refractivity contribution in [1.29, 1.82) is 0 Å². The van der Waals surface area contributed by atoms with Crippen LogP contribution in [0.2, 0.25) is 0 Å². The molecular formula is C27H21F3N6OS2. The Kier molecular flexibility index (Phi) is 7.75. The smallest absolute Gasteiger partial charge is 0.347 e. The highest BCUT2D eigenvalue weighted by molar-refractivity contribution is 7.98. The van der Waals surface area contributed by atoms with E-state index in [1.165, 1.54) is 35.2 Å². The first-order valence-corrected chi connectivity index (χ1v) is 13.6. The maximum atomic E-state index is 12.9. The molecule has 1 amide bonds. The van der Waals surface area contributed by atoms with Crippen LogP contribution < -0.4 is 5.32 Å². The van der Waals surface area contributed by atoms with Crippen LogP contribution in [0.4, 0.5) is 13.2 Å². The standard InChI is InChI=1S/C27H21F3N6OS2/c1-17-7-9-21(10-8-17)36-24(19-5-3-11-31-14-19)34-35-26(36)39-16-23-33-22(15-38-23)25(37)32-13-18-4-2-6-20(12-18)27(28,29)30/h2-12,14-15H,13,16H2,1H3,(H,32,37). The van der Waals surface area contributed by atoms with Gasteiger partial charge in [0.1, 0.15) is 10.7 Å². The molecule has 12 heteroatoms. The Labute approximate surface area is 230 Å². The molecule has 0 aliphatic heterocycles. The van der Waals surface area contributed by atoms with Gasteiger partial charge >= 0.3 is 6.18 Å². The molecule has 1 N–H and O–H groups in total. The highest BCUT2D eigenvalue weighted by atomic mass is 32.2. The minimum Gasteiger partial charge on any atom is -0.347 e. The summed E-state index contributed by atoms with van der Waals surface area (Å²) >= 11 is 2.75. The normalized spacial score (nSPS) is 11.5. The minimum atomic E-state index is -4.44. The number of thiazole rings is 1. The van der Waals surface area contributed by atoms with Crippen LogP contribution in [0, 0.1) is 6.92 Å². The number of halogens is 3. The number of nitrogens with zero attached hydrogens (tertiary/aromatic N) is 5. The van der Waals surface area contributed by atoms with E-state index in [1.807, 2.05) is 47.9 Å². The average Bonchev–Trinajstić information content (AvgIpc) is 3.59. The number of pyridine rings is 1. The summed E-state index contributed by atoms with van der Waals surface area (Å²) < 4.78 is 40.8. The number of carbonyl (C=O) groups is 1. The summed E-state index contributed by atoms with van der Waals surface area (Å²) in [5, 5.41) is 14.4. The van der Waals surface area contributed by atoms with Gasteiger partial charge in [0, 0.05) is 35.6 Å². The Morgan fingerprint density at radius 1 is 1.08 bits per heavy atom. The van der Waals surface area contributed by atoms with Crippen molar-refractivity contribution in [3.63, 3.8) is 0 Å². The molecule has 3 heterocycles. The summed E-state index contributed by atoms with van der Waals surface area (Å²) in [6.07, 6.45) is -1.01. The molecule has 3 aromatic heterocycles. The largest absolute Gasteiger partial charge is 0.416 e. The van der Waals surface area contributed by atoms with Crippen molar-refractivity contribution >= 4 is 29.0 Å². The Morgan fingerprint density at radius 2 is 1.90 bits per heavy atom. The molecule has 5 rings (SSSR count). The van der Waals surface area contributed by atoms with Crippen LogP contribution in [0.3, 0.4) is 0 Å². The molecule has 7 nitrogen and oxygen atoms in total. The summed E-state index contributed by atoms with van der Waals surface area (Å²) in [5.41, 5.74) is 2.66. The molecule has 0 aliphatic carbocycles. The number of carbonyl (C=O) groups excluding carboxylic acids is 1. The van der Waals surface area contributed by atoms with E-state index in [-0.39, 0.29) is 12.2 Å². The predicted molar refractivity (Wildman–Crippen MR) is 144 cm³/mol. The zero-order valence-corrected chi connectivity index (χ0v) is 22.1. The van der Waals surface area contributed by atoms with E-state index in [1.54, 1.807) is 17.8 Å². The van der Waals surface area contributed by atoms with Gasteiger partial charge in [0.25, 0.3) is 5.91 Å². The van der Waals surface area contributed by atoms with E-state index >= 15 is 0 Å². The quantitative estimate of drug-likeness (QED) is 0.221. The summed E-state index contributed by atoms with van der Waals surface area (Å²) in [4.78, 5) is 21.2. The fourth-order valence-electron chi connectivity index (χ4n) is 3.71. The Hall–Kier alpha value is -4.03. The number of hydrogen-bond donors (Lipinski definition) is 1. The van der Waals surface area contributed by atoms with Crippen molar-refractivity contribution in [2.45, 2.75) is 30.6 Å². The summed E-state index contributed by atoms with van der Waals surface area (Å²) in [5.74, 6) is 0.646. The van der Waals surface area contributed by atoms with Crippen LogP contribution in [-0.4, -0.2) is 30.6 Å². The highest BCUT2D eigenvalue weighted by Crippen LogP contribution is 2.31. The summed E-state index contributed by atoms with van der Waals surface area (Å²) in [6, 6.07) is 16.6. The van der Waals surface area contributed by atoms with E-state index < -0.39 is 17.6 Å². The van der Waals surface area contributed by atoms with Crippen LogP contribution in [0.1, 0.15) is 32.2 Å². The summed E-state index contributed by atoms with van der Waals surface area (Å²) in [7, 11) is 0. The van der Waals surface area contributed by atoms with Crippen molar-refractivity contribution in [1.82, 2.24) is 30.0 Å². The van der Waals surface area contributed by atoms with E-state index in [0.717, 1.165) is 28.9 Å². The number of benzene rings is 2. The number of amides is 1. The monoisotopic (exact) mass is 566 g/mol. The van der Waals surface area contributed by atoms with Gasteiger partial charge in [-0.05, 0) is 48.9 Å². The zero-order valence-electron chi connectivity index (χ0n) is 20.5. The number of rotatable bonds is 8. The molecule has 198 valence electrons. The molecule has 5 aromatic rings. The zero-order chi connectivity index (χ0) is 27.4. The fourth-order valence-corrected chi connectivity index (χ4v) is 5.45. The third-order valence-electron chi connectivity index (χ3n) is 5.66. The van der Waals surface area contributed by atoms with Gasteiger partial charge in [-0.1, -0.05) is 41.6 Å².